The highest BCUT2D eigenvalue weighted by Gasteiger charge is 2.42. The van der Waals surface area contributed by atoms with Gasteiger partial charge in [0.15, 0.2) is 0 Å². The second kappa shape index (κ2) is 8.67. The predicted molar refractivity (Wildman–Crippen MR) is 117 cm³/mol. The zero-order valence-corrected chi connectivity index (χ0v) is 17.8. The van der Waals surface area contributed by atoms with E-state index in [-0.39, 0.29) is 29.4 Å². The van der Waals surface area contributed by atoms with E-state index < -0.39 is 5.60 Å². The third-order valence-electron chi connectivity index (χ3n) is 5.27. The van der Waals surface area contributed by atoms with Crippen molar-refractivity contribution >= 4 is 5.91 Å². The molecule has 2 aromatic carbocycles. The summed E-state index contributed by atoms with van der Waals surface area (Å²) in [4.78, 5) is 14.9. The zero-order chi connectivity index (χ0) is 21.9. The molecule has 0 atom stereocenters. The molecule has 1 heterocycles. The summed E-state index contributed by atoms with van der Waals surface area (Å²) in [7, 11) is 0. The molecular weight excluding hydrogens is 376 g/mol. The quantitative estimate of drug-likeness (QED) is 0.501. The number of carbonyl (C=O) groups excluding carboxylic acids is 1. The largest absolute Gasteiger partial charge is 0.618 e. The van der Waals surface area contributed by atoms with E-state index in [0.717, 1.165) is 0 Å². The molecule has 5 heteroatoms. The summed E-state index contributed by atoms with van der Waals surface area (Å²) in [6.07, 6.45) is 0. The second-order valence-electron chi connectivity index (χ2n) is 7.93. The average molecular weight is 405 g/mol. The van der Waals surface area contributed by atoms with Crippen LogP contribution in [0.5, 0.6) is 0 Å². The van der Waals surface area contributed by atoms with Gasteiger partial charge in [-0.15, -0.1) is 0 Å². The monoisotopic (exact) mass is 404 g/mol. The first-order chi connectivity index (χ1) is 14.3. The summed E-state index contributed by atoms with van der Waals surface area (Å²) in [5.41, 5.74) is -0.538. The molecule has 0 radical (unpaired) electrons. The maximum absolute atomic E-state index is 13.5. The lowest BCUT2D eigenvalue weighted by Gasteiger charge is -2.31. The molecule has 0 bridgehead atoms. The Morgan fingerprint density at radius 1 is 0.833 bits per heavy atom. The van der Waals surface area contributed by atoms with E-state index in [4.69, 9.17) is 0 Å². The fraction of sp³-hybridized carbons (Fsp3) is 0.280. The highest BCUT2D eigenvalue weighted by atomic mass is 16.5. The molecule has 0 aliphatic carbocycles. The minimum absolute atomic E-state index is 0.0137. The summed E-state index contributed by atoms with van der Waals surface area (Å²) >= 11 is 0. The van der Waals surface area contributed by atoms with E-state index in [9.17, 15) is 15.1 Å². The number of aliphatic hydroxyl groups is 1. The molecular formula is C25H28N2O3. The smallest absolute Gasteiger partial charge is 0.320 e. The number of rotatable bonds is 6. The van der Waals surface area contributed by atoms with Gasteiger partial charge in [0.05, 0.1) is 0 Å². The molecule has 1 N–H and O–H groups in total. The normalized spacial score (nSPS) is 11.7. The van der Waals surface area contributed by atoms with Gasteiger partial charge in [-0.05, 0) is 44.9 Å². The topological polar surface area (TPSA) is 67.5 Å². The van der Waals surface area contributed by atoms with E-state index in [2.05, 4.69) is 0 Å². The SMILES string of the molecule is CC(C)N(C(=O)c1cccc(C(O)(c2ccccc2)c2ccccc2)[n+]1[O-])C(C)C. The van der Waals surface area contributed by atoms with Crippen molar-refractivity contribution in [2.24, 2.45) is 0 Å². The van der Waals surface area contributed by atoms with Crippen LogP contribution in [0.25, 0.3) is 0 Å². The van der Waals surface area contributed by atoms with Crippen LogP contribution in [0.2, 0.25) is 0 Å². The number of nitrogens with zero attached hydrogens (tertiary/aromatic N) is 2. The van der Waals surface area contributed by atoms with Crippen LogP contribution in [-0.2, 0) is 5.60 Å². The minimum Gasteiger partial charge on any atom is -0.618 e. The van der Waals surface area contributed by atoms with Gasteiger partial charge in [-0.2, -0.15) is 4.73 Å². The van der Waals surface area contributed by atoms with E-state index in [1.807, 2.05) is 64.1 Å². The molecule has 0 fully saturated rings. The summed E-state index contributed by atoms with van der Waals surface area (Å²) in [6, 6.07) is 22.6. The van der Waals surface area contributed by atoms with Crippen LogP contribution >= 0.6 is 0 Å². The minimum atomic E-state index is -1.71. The Labute approximate surface area is 177 Å². The highest BCUT2D eigenvalue weighted by molar-refractivity contribution is 5.91. The summed E-state index contributed by atoms with van der Waals surface area (Å²) in [5, 5.41) is 25.4. The van der Waals surface area contributed by atoms with Crippen molar-refractivity contribution in [1.82, 2.24) is 4.90 Å². The maximum Gasteiger partial charge on any atom is 0.320 e. The van der Waals surface area contributed by atoms with Crippen molar-refractivity contribution in [1.29, 1.82) is 0 Å². The average Bonchev–Trinajstić information content (AvgIpc) is 2.74. The summed E-state index contributed by atoms with van der Waals surface area (Å²) in [6.45, 7) is 7.67. The van der Waals surface area contributed by atoms with Crippen LogP contribution in [0.4, 0.5) is 0 Å². The van der Waals surface area contributed by atoms with Gasteiger partial charge in [0.25, 0.3) is 5.69 Å². The Kier molecular flexibility index (Phi) is 6.22. The highest BCUT2D eigenvalue weighted by Crippen LogP contribution is 2.35. The molecule has 156 valence electrons. The van der Waals surface area contributed by atoms with Crippen LogP contribution in [-0.4, -0.2) is 28.0 Å². The van der Waals surface area contributed by atoms with Crippen molar-refractivity contribution < 1.29 is 14.6 Å². The fourth-order valence-corrected chi connectivity index (χ4v) is 3.94. The number of benzene rings is 2. The van der Waals surface area contributed by atoms with Gasteiger partial charge >= 0.3 is 5.91 Å². The number of amides is 1. The van der Waals surface area contributed by atoms with Crippen LogP contribution in [0.1, 0.15) is 55.0 Å². The lowest BCUT2D eigenvalue weighted by molar-refractivity contribution is -0.623. The van der Waals surface area contributed by atoms with Crippen molar-refractivity contribution in [3.8, 4) is 0 Å². The van der Waals surface area contributed by atoms with Crippen LogP contribution in [0, 0.1) is 5.21 Å². The van der Waals surface area contributed by atoms with Gasteiger partial charge in [0.2, 0.25) is 11.3 Å². The number of aromatic nitrogens is 1. The summed E-state index contributed by atoms with van der Waals surface area (Å²) in [5.74, 6) is -0.361. The number of carbonyl (C=O) groups is 1. The molecule has 5 nitrogen and oxygen atoms in total. The van der Waals surface area contributed by atoms with Crippen LogP contribution in [0.3, 0.4) is 0 Å². The fourth-order valence-electron chi connectivity index (χ4n) is 3.94. The number of hydrogen-bond acceptors (Lipinski definition) is 3. The van der Waals surface area contributed by atoms with Crippen LogP contribution in [0.15, 0.2) is 78.9 Å². The standard InChI is InChI=1S/C25H28N2O3/c1-18(2)26(19(3)4)24(28)22-16-11-17-23(27(22)30)25(29,20-12-7-5-8-13-20)21-14-9-6-10-15-21/h5-19,29H,1-4H3. The molecule has 0 spiro atoms. The second-order valence-corrected chi connectivity index (χ2v) is 7.93. The van der Waals surface area contributed by atoms with E-state index in [0.29, 0.717) is 15.9 Å². The Morgan fingerprint density at radius 3 is 1.73 bits per heavy atom. The first kappa shape index (κ1) is 21.5. The van der Waals surface area contributed by atoms with E-state index >= 15 is 0 Å². The Hall–Kier alpha value is -3.18. The zero-order valence-electron chi connectivity index (χ0n) is 17.8. The maximum atomic E-state index is 13.5. The Balaban J connectivity index is 2.22. The van der Waals surface area contributed by atoms with Crippen molar-refractivity contribution in [3.63, 3.8) is 0 Å². The third-order valence-corrected chi connectivity index (χ3v) is 5.27. The van der Waals surface area contributed by atoms with Crippen molar-refractivity contribution in [2.75, 3.05) is 0 Å². The van der Waals surface area contributed by atoms with Gasteiger partial charge in [-0.25, -0.2) is 0 Å². The molecule has 1 aromatic heterocycles. The molecule has 3 rings (SSSR count). The van der Waals surface area contributed by atoms with Crippen molar-refractivity contribution in [2.45, 2.75) is 45.4 Å². The molecule has 0 aliphatic rings. The molecule has 0 unspecified atom stereocenters. The van der Waals surface area contributed by atoms with Gasteiger partial charge in [0.1, 0.15) is 0 Å². The van der Waals surface area contributed by atoms with Crippen LogP contribution < -0.4 is 4.73 Å². The molecule has 30 heavy (non-hydrogen) atoms. The number of pyridine rings is 1. The Morgan fingerprint density at radius 2 is 1.30 bits per heavy atom. The van der Waals surface area contributed by atoms with E-state index in [1.54, 1.807) is 41.3 Å². The molecule has 0 aliphatic heterocycles. The Bertz CT molecular complexity index is 954. The number of hydrogen-bond donors (Lipinski definition) is 1. The van der Waals surface area contributed by atoms with Gasteiger partial charge < -0.3 is 15.2 Å². The van der Waals surface area contributed by atoms with Gasteiger partial charge in [-0.3, -0.25) is 4.79 Å². The van der Waals surface area contributed by atoms with E-state index in [1.165, 1.54) is 6.07 Å². The first-order valence-corrected chi connectivity index (χ1v) is 10.2. The predicted octanol–water partition coefficient (Wildman–Crippen LogP) is 3.86. The first-order valence-electron chi connectivity index (χ1n) is 10.2. The van der Waals surface area contributed by atoms with Crippen molar-refractivity contribution in [3.05, 3.63) is 107 Å². The lowest BCUT2D eigenvalue weighted by Crippen LogP contribution is -2.51. The lowest BCUT2D eigenvalue weighted by atomic mass is 9.83. The van der Waals surface area contributed by atoms with Gasteiger partial charge in [-0.1, -0.05) is 60.7 Å². The summed E-state index contributed by atoms with van der Waals surface area (Å²) < 4.78 is 0.570. The van der Waals surface area contributed by atoms with Gasteiger partial charge in [0, 0.05) is 24.2 Å². The molecule has 3 aromatic rings. The molecule has 1 amide bonds. The molecule has 0 saturated carbocycles. The molecule has 0 saturated heterocycles. The third kappa shape index (κ3) is 3.81.